The number of hydrogen-bond acceptors (Lipinski definition) is 5. The molecule has 3 unspecified atom stereocenters. The molecule has 14 atom stereocenters. The zero-order valence-electron chi connectivity index (χ0n) is 27.2. The van der Waals surface area contributed by atoms with Crippen molar-refractivity contribution in [2.24, 2.45) is 64.1 Å². The van der Waals surface area contributed by atoms with Crippen molar-refractivity contribution in [3.8, 4) is 0 Å². The molecule has 0 aromatic rings. The van der Waals surface area contributed by atoms with Crippen molar-refractivity contribution in [2.45, 2.75) is 116 Å². The van der Waals surface area contributed by atoms with Gasteiger partial charge in [0, 0.05) is 44.6 Å². The number of likely N-dealkylation sites (tertiary alicyclic amines) is 1. The fraction of sp³-hybridized carbons (Fsp3) is 0.944. The molecule has 4 heterocycles. The molecule has 2 N–H and O–H groups in total. The van der Waals surface area contributed by atoms with E-state index < -0.39 is 0 Å². The Kier molecular flexibility index (Phi) is 7.08. The summed E-state index contributed by atoms with van der Waals surface area (Å²) in [5.74, 6) is 5.59. The van der Waals surface area contributed by atoms with Crippen LogP contribution in [0.2, 0.25) is 0 Å². The zero-order valence-corrected chi connectivity index (χ0v) is 27.2. The Morgan fingerprint density at radius 1 is 0.907 bits per heavy atom. The highest BCUT2D eigenvalue weighted by molar-refractivity contribution is 5.97. The van der Waals surface area contributed by atoms with Crippen LogP contribution in [0.1, 0.15) is 98.3 Å². The van der Waals surface area contributed by atoms with E-state index in [0.717, 1.165) is 69.8 Å². The lowest BCUT2D eigenvalue weighted by Crippen LogP contribution is -2.56. The fourth-order valence-electron chi connectivity index (χ4n) is 13.0. The Morgan fingerprint density at radius 2 is 1.67 bits per heavy atom. The van der Waals surface area contributed by atoms with Crippen molar-refractivity contribution < 1.29 is 19.1 Å². The van der Waals surface area contributed by atoms with Gasteiger partial charge in [-0.3, -0.25) is 9.59 Å². The first-order chi connectivity index (χ1) is 20.6. The second-order valence-electron chi connectivity index (χ2n) is 17.4. The smallest absolute Gasteiger partial charge is 0.232 e. The molecule has 7 heteroatoms. The number of nitrogens with zero attached hydrogens (tertiary/aromatic N) is 1. The first kappa shape index (κ1) is 29.2. The van der Waals surface area contributed by atoms with Gasteiger partial charge in [0.15, 0.2) is 5.79 Å². The number of fused-ring (bicyclic) bond motifs is 8. The van der Waals surface area contributed by atoms with Gasteiger partial charge in [0.05, 0.1) is 12.7 Å². The minimum Gasteiger partial charge on any atom is -0.353 e. The molecule has 8 rings (SSSR count). The zero-order chi connectivity index (χ0) is 29.7. The molecule has 8 fully saturated rings. The molecule has 0 bridgehead atoms. The average molecular weight is 596 g/mol. The van der Waals surface area contributed by atoms with Gasteiger partial charge < -0.3 is 25.0 Å². The summed E-state index contributed by atoms with van der Waals surface area (Å²) in [6.07, 6.45) is 12.6. The largest absolute Gasteiger partial charge is 0.353 e. The van der Waals surface area contributed by atoms with Gasteiger partial charge in [-0.1, -0.05) is 27.7 Å². The molecule has 0 radical (unpaired) electrons. The maximum Gasteiger partial charge on any atom is 0.232 e. The molecule has 4 aliphatic heterocycles. The lowest BCUT2D eigenvalue weighted by atomic mass is 9.44. The summed E-state index contributed by atoms with van der Waals surface area (Å²) in [5, 5.41) is 6.75. The third kappa shape index (κ3) is 4.51. The summed E-state index contributed by atoms with van der Waals surface area (Å²) in [6, 6.07) is 0.223. The van der Waals surface area contributed by atoms with Gasteiger partial charge >= 0.3 is 0 Å². The molecule has 0 aromatic carbocycles. The lowest BCUT2D eigenvalue weighted by molar-refractivity contribution is -0.273. The lowest BCUT2D eigenvalue weighted by Gasteiger charge is -2.61. The van der Waals surface area contributed by atoms with E-state index in [1.165, 1.54) is 44.9 Å². The van der Waals surface area contributed by atoms with Crippen LogP contribution in [0.15, 0.2) is 0 Å². The molecule has 43 heavy (non-hydrogen) atoms. The van der Waals surface area contributed by atoms with E-state index in [2.05, 4.69) is 38.3 Å². The minimum absolute atomic E-state index is 0.0183. The van der Waals surface area contributed by atoms with Crippen LogP contribution in [-0.4, -0.2) is 67.4 Å². The molecule has 2 amide bonds. The summed E-state index contributed by atoms with van der Waals surface area (Å²) in [4.78, 5) is 27.9. The quantitative estimate of drug-likeness (QED) is 0.450. The molecule has 1 spiro atoms. The van der Waals surface area contributed by atoms with Crippen molar-refractivity contribution in [2.75, 3.05) is 32.8 Å². The fourth-order valence-corrected chi connectivity index (χ4v) is 13.0. The number of ether oxygens (including phenoxy) is 2. The number of hydrogen-bond donors (Lipinski definition) is 2. The second-order valence-corrected chi connectivity index (χ2v) is 17.4. The van der Waals surface area contributed by atoms with Crippen LogP contribution >= 0.6 is 0 Å². The van der Waals surface area contributed by atoms with Crippen LogP contribution in [0, 0.1) is 64.1 Å². The molecule has 4 saturated heterocycles. The van der Waals surface area contributed by atoms with Crippen LogP contribution in [-0.2, 0) is 19.1 Å². The van der Waals surface area contributed by atoms with Crippen LogP contribution in [0.3, 0.4) is 0 Å². The van der Waals surface area contributed by atoms with Crippen molar-refractivity contribution >= 4 is 11.8 Å². The number of carbonyl (C=O) groups excluding carboxylic acids is 2. The predicted molar refractivity (Wildman–Crippen MR) is 165 cm³/mol. The van der Waals surface area contributed by atoms with E-state index in [-0.39, 0.29) is 30.1 Å². The molecule has 4 saturated carbocycles. The Bertz CT molecular complexity index is 1110. The topological polar surface area (TPSA) is 79.9 Å². The Hall–Kier alpha value is -1.18. The third-order valence-electron chi connectivity index (χ3n) is 15.4. The number of rotatable bonds is 3. The summed E-state index contributed by atoms with van der Waals surface area (Å²) in [6.45, 7) is 14.5. The van der Waals surface area contributed by atoms with Crippen molar-refractivity contribution in [1.82, 2.24) is 15.5 Å². The maximum absolute atomic E-state index is 13.0. The van der Waals surface area contributed by atoms with E-state index >= 15 is 0 Å². The first-order valence-electron chi connectivity index (χ1n) is 18.2. The van der Waals surface area contributed by atoms with Gasteiger partial charge in [-0.25, -0.2) is 0 Å². The van der Waals surface area contributed by atoms with Crippen molar-refractivity contribution in [3.05, 3.63) is 0 Å². The Labute approximate surface area is 259 Å². The molecular weight excluding hydrogens is 538 g/mol. The summed E-state index contributed by atoms with van der Waals surface area (Å²) < 4.78 is 13.5. The Morgan fingerprint density at radius 3 is 2.42 bits per heavy atom. The molecule has 7 nitrogen and oxygen atoms in total. The van der Waals surface area contributed by atoms with Crippen LogP contribution in [0.5, 0.6) is 0 Å². The molecule has 4 aliphatic carbocycles. The van der Waals surface area contributed by atoms with Gasteiger partial charge in [0.1, 0.15) is 6.42 Å². The van der Waals surface area contributed by atoms with E-state index in [4.69, 9.17) is 9.47 Å². The van der Waals surface area contributed by atoms with E-state index in [1.807, 2.05) is 4.90 Å². The normalized spacial score (nSPS) is 53.6. The number of amides is 2. The molecular formula is C36H57N3O4. The summed E-state index contributed by atoms with van der Waals surface area (Å²) in [7, 11) is 0. The number of carbonyl (C=O) groups is 2. The average Bonchev–Trinajstić information content (AvgIpc) is 3.71. The SMILES string of the molecule is C[C@@H]1CC[C@@]2(OC1)O[C@H]1C[C@H]3[C@@H]4CC[C@@H]5CC(NC(=O)CC(=O)N6CC7CNCC7C6)CC[C@]5(C)[C@H]4CC[C@]3(C)[C@H]1[C@@H]2C. The van der Waals surface area contributed by atoms with Crippen LogP contribution < -0.4 is 10.6 Å². The molecule has 8 aliphatic rings. The summed E-state index contributed by atoms with van der Waals surface area (Å²) in [5.41, 5.74) is 0.739. The van der Waals surface area contributed by atoms with Gasteiger partial charge in [-0.15, -0.1) is 0 Å². The highest BCUT2D eigenvalue weighted by Crippen LogP contribution is 2.71. The third-order valence-corrected chi connectivity index (χ3v) is 15.4. The van der Waals surface area contributed by atoms with Gasteiger partial charge in [0.2, 0.25) is 11.8 Å². The second kappa shape index (κ2) is 10.4. The first-order valence-corrected chi connectivity index (χ1v) is 18.2. The summed E-state index contributed by atoms with van der Waals surface area (Å²) >= 11 is 0. The van der Waals surface area contributed by atoms with E-state index in [9.17, 15) is 9.59 Å². The van der Waals surface area contributed by atoms with Crippen molar-refractivity contribution in [1.29, 1.82) is 0 Å². The van der Waals surface area contributed by atoms with E-state index in [0.29, 0.717) is 52.4 Å². The molecule has 240 valence electrons. The standard InChI is InChI=1S/C36H57N3O4/c1-21-7-12-36(42-20-21)22(2)33-30(43-36)14-29-27-6-5-25-13-26(8-10-34(25,3)28(27)9-11-35(29,33)4)38-31(40)15-32(41)39-18-23-16-37-17-24(23)19-39/h21-30,33,37H,5-20H2,1-4H3,(H,38,40)/t21-,22+,23?,24?,25-,26?,27-,28+,29+,30+,33+,34+,35+,36-/m1/s1. The van der Waals surface area contributed by atoms with Gasteiger partial charge in [-0.2, -0.15) is 0 Å². The van der Waals surface area contributed by atoms with Crippen LogP contribution in [0.25, 0.3) is 0 Å². The van der Waals surface area contributed by atoms with Gasteiger partial charge in [0.25, 0.3) is 0 Å². The van der Waals surface area contributed by atoms with Gasteiger partial charge in [-0.05, 0) is 116 Å². The van der Waals surface area contributed by atoms with E-state index in [1.54, 1.807) is 0 Å². The highest BCUT2D eigenvalue weighted by Gasteiger charge is 2.69. The number of nitrogens with one attached hydrogen (secondary N) is 2. The maximum atomic E-state index is 13.0. The predicted octanol–water partition coefficient (Wildman–Crippen LogP) is 4.99. The Balaban J connectivity index is 0.888. The monoisotopic (exact) mass is 595 g/mol. The van der Waals surface area contributed by atoms with Crippen molar-refractivity contribution in [3.63, 3.8) is 0 Å². The molecule has 0 aromatic heterocycles. The highest BCUT2D eigenvalue weighted by atomic mass is 16.7. The van der Waals surface area contributed by atoms with Crippen LogP contribution in [0.4, 0.5) is 0 Å². The minimum atomic E-state index is -0.325.